The maximum atomic E-state index is 14.0. The van der Waals surface area contributed by atoms with Crippen LogP contribution in [0.1, 0.15) is 41.4 Å². The molecule has 0 bridgehead atoms. The summed E-state index contributed by atoms with van der Waals surface area (Å²) in [5.74, 6) is -1.49. The lowest BCUT2D eigenvalue weighted by atomic mass is 10.0. The Hall–Kier alpha value is -3.50. The van der Waals surface area contributed by atoms with Crippen LogP contribution >= 0.6 is 11.6 Å². The van der Waals surface area contributed by atoms with Crippen LogP contribution in [0.4, 0.5) is 4.39 Å². The number of hydrogen-bond donors (Lipinski definition) is 2. The molecule has 1 aliphatic carbocycles. The predicted octanol–water partition coefficient (Wildman–Crippen LogP) is 4.02. The van der Waals surface area contributed by atoms with Crippen LogP contribution in [-0.2, 0) is 23.0 Å². The SMILES string of the molecule is CCc1ccc2c(c1)c(-c1ccc[nH]c1=O)c(C(=O)NS(=O)(=O)C1CC1)n2Cc1cc(F)cnc1Cl. The van der Waals surface area contributed by atoms with Gasteiger partial charge >= 0.3 is 0 Å². The van der Waals surface area contributed by atoms with Crippen molar-refractivity contribution in [1.29, 1.82) is 0 Å². The van der Waals surface area contributed by atoms with Crippen molar-refractivity contribution in [1.82, 2.24) is 19.3 Å². The van der Waals surface area contributed by atoms with Crippen molar-refractivity contribution in [3.05, 3.63) is 86.9 Å². The van der Waals surface area contributed by atoms with Gasteiger partial charge in [-0.05, 0) is 55.2 Å². The average Bonchev–Trinajstić information content (AvgIpc) is 3.66. The van der Waals surface area contributed by atoms with E-state index in [9.17, 15) is 22.4 Å². The van der Waals surface area contributed by atoms with E-state index in [1.165, 1.54) is 12.3 Å². The quantitative estimate of drug-likeness (QED) is 0.352. The molecule has 0 saturated heterocycles. The van der Waals surface area contributed by atoms with Gasteiger partial charge in [0.1, 0.15) is 16.7 Å². The van der Waals surface area contributed by atoms with Gasteiger partial charge in [-0.1, -0.05) is 24.6 Å². The molecule has 4 aromatic rings. The fourth-order valence-corrected chi connectivity index (χ4v) is 5.74. The molecule has 1 aromatic carbocycles. The van der Waals surface area contributed by atoms with Crippen molar-refractivity contribution in [3.63, 3.8) is 0 Å². The van der Waals surface area contributed by atoms with E-state index < -0.39 is 32.6 Å². The van der Waals surface area contributed by atoms with Gasteiger partial charge in [0.25, 0.3) is 11.5 Å². The van der Waals surface area contributed by atoms with Crippen LogP contribution in [-0.4, -0.2) is 34.1 Å². The van der Waals surface area contributed by atoms with Gasteiger partial charge in [-0.25, -0.2) is 22.5 Å². The lowest BCUT2D eigenvalue weighted by molar-refractivity contribution is 0.0974. The predicted molar refractivity (Wildman–Crippen MR) is 135 cm³/mol. The maximum Gasteiger partial charge on any atom is 0.282 e. The Morgan fingerprint density at radius 1 is 1.28 bits per heavy atom. The molecule has 11 heteroatoms. The minimum atomic E-state index is -3.90. The molecule has 8 nitrogen and oxygen atoms in total. The number of aryl methyl sites for hydroxylation is 1. The summed E-state index contributed by atoms with van der Waals surface area (Å²) in [6.45, 7) is 1.89. The molecule has 3 aromatic heterocycles. The Bertz CT molecular complexity index is 1680. The van der Waals surface area contributed by atoms with Crippen LogP contribution in [0.3, 0.4) is 0 Å². The number of hydrogen-bond acceptors (Lipinski definition) is 5. The first-order valence-corrected chi connectivity index (χ1v) is 13.3. The number of H-pyrrole nitrogens is 1. The minimum Gasteiger partial charge on any atom is -0.331 e. The first kappa shape index (κ1) is 24.2. The Morgan fingerprint density at radius 2 is 2.06 bits per heavy atom. The van der Waals surface area contributed by atoms with E-state index in [1.54, 1.807) is 22.8 Å². The lowest BCUT2D eigenvalue weighted by Gasteiger charge is -2.14. The molecule has 0 unspecified atom stereocenters. The van der Waals surface area contributed by atoms with Gasteiger partial charge in [-0.3, -0.25) is 9.59 Å². The van der Waals surface area contributed by atoms with Crippen LogP contribution in [0.15, 0.2) is 53.6 Å². The zero-order valence-electron chi connectivity index (χ0n) is 19.2. The second-order valence-electron chi connectivity index (χ2n) is 8.71. The molecule has 0 radical (unpaired) electrons. The van der Waals surface area contributed by atoms with E-state index in [-0.39, 0.29) is 28.5 Å². The number of nitrogens with zero attached hydrogens (tertiary/aromatic N) is 2. The van der Waals surface area contributed by atoms with Crippen LogP contribution in [0, 0.1) is 5.82 Å². The van der Waals surface area contributed by atoms with Gasteiger partial charge in [0.05, 0.1) is 18.0 Å². The Labute approximate surface area is 211 Å². The summed E-state index contributed by atoms with van der Waals surface area (Å²) in [6.07, 6.45) is 4.10. The second kappa shape index (κ2) is 9.18. The molecule has 3 heterocycles. The summed E-state index contributed by atoms with van der Waals surface area (Å²) in [5, 5.41) is -0.00332. The van der Waals surface area contributed by atoms with Gasteiger partial charge in [0.2, 0.25) is 10.0 Å². The molecule has 0 atom stereocenters. The number of amides is 1. The number of nitrogens with one attached hydrogen (secondary N) is 2. The molecule has 5 rings (SSSR count). The van der Waals surface area contributed by atoms with Gasteiger partial charge in [-0.15, -0.1) is 0 Å². The third-order valence-corrected chi connectivity index (χ3v) is 8.40. The van der Waals surface area contributed by atoms with Crippen LogP contribution in [0.5, 0.6) is 0 Å². The largest absolute Gasteiger partial charge is 0.331 e. The summed E-state index contributed by atoms with van der Waals surface area (Å²) >= 11 is 6.24. The van der Waals surface area contributed by atoms with E-state index in [1.807, 2.05) is 19.1 Å². The highest BCUT2D eigenvalue weighted by molar-refractivity contribution is 7.91. The number of benzene rings is 1. The van der Waals surface area contributed by atoms with E-state index in [0.717, 1.165) is 11.8 Å². The minimum absolute atomic E-state index is 0.0412. The van der Waals surface area contributed by atoms with Crippen LogP contribution in [0.2, 0.25) is 5.15 Å². The average molecular weight is 529 g/mol. The normalized spacial score (nSPS) is 13.8. The number of rotatable bonds is 7. The molecule has 36 heavy (non-hydrogen) atoms. The van der Waals surface area contributed by atoms with Crippen molar-refractivity contribution < 1.29 is 17.6 Å². The van der Waals surface area contributed by atoms with E-state index in [0.29, 0.717) is 35.7 Å². The topological polar surface area (TPSA) is 114 Å². The number of aromatic nitrogens is 3. The fourth-order valence-electron chi connectivity index (χ4n) is 4.30. The summed E-state index contributed by atoms with van der Waals surface area (Å²) < 4.78 is 43.1. The van der Waals surface area contributed by atoms with Gasteiger partial charge in [0.15, 0.2) is 0 Å². The first-order chi connectivity index (χ1) is 17.2. The molecular formula is C25H22ClFN4O4S. The molecule has 0 aliphatic heterocycles. The number of halogens is 2. The number of pyridine rings is 2. The van der Waals surface area contributed by atoms with E-state index in [4.69, 9.17) is 11.6 Å². The summed E-state index contributed by atoms with van der Waals surface area (Å²) in [6, 6.07) is 9.94. The van der Waals surface area contributed by atoms with E-state index >= 15 is 0 Å². The maximum absolute atomic E-state index is 14.0. The highest BCUT2D eigenvalue weighted by Gasteiger charge is 2.38. The smallest absolute Gasteiger partial charge is 0.282 e. The zero-order chi connectivity index (χ0) is 25.6. The molecule has 0 spiro atoms. The van der Waals surface area contributed by atoms with Crippen molar-refractivity contribution in [3.8, 4) is 11.1 Å². The first-order valence-electron chi connectivity index (χ1n) is 11.4. The van der Waals surface area contributed by atoms with Crippen LogP contribution < -0.4 is 10.3 Å². The zero-order valence-corrected chi connectivity index (χ0v) is 20.8. The second-order valence-corrected chi connectivity index (χ2v) is 11.0. The fraction of sp³-hybridized carbons (Fsp3) is 0.240. The summed E-state index contributed by atoms with van der Waals surface area (Å²) in [7, 11) is -3.90. The Balaban J connectivity index is 1.82. The van der Waals surface area contributed by atoms with Crippen molar-refractivity contribution >= 4 is 38.4 Å². The summed E-state index contributed by atoms with van der Waals surface area (Å²) in [4.78, 5) is 33.0. The number of fused-ring (bicyclic) bond motifs is 1. The molecule has 1 aliphatic rings. The van der Waals surface area contributed by atoms with Crippen molar-refractivity contribution in [2.45, 2.75) is 38.0 Å². The van der Waals surface area contributed by atoms with Crippen molar-refractivity contribution in [2.75, 3.05) is 0 Å². The number of carbonyl (C=O) groups excluding carboxylic acids is 1. The van der Waals surface area contributed by atoms with Crippen LogP contribution in [0.25, 0.3) is 22.0 Å². The standard InChI is InChI=1S/C25H22ClFN4O4S/c1-2-14-5-8-20-19(10-14)21(18-4-3-9-28-24(18)32)22(25(33)30-36(34,35)17-6-7-17)31(20)13-15-11-16(27)12-29-23(15)26/h3-5,8-12,17H,2,6-7,13H2,1H3,(H,28,32)(H,30,33). The molecular weight excluding hydrogens is 507 g/mol. The van der Waals surface area contributed by atoms with Gasteiger partial charge in [0, 0.05) is 33.8 Å². The highest BCUT2D eigenvalue weighted by Crippen LogP contribution is 2.36. The number of aromatic amines is 1. The van der Waals surface area contributed by atoms with E-state index in [2.05, 4.69) is 14.7 Å². The summed E-state index contributed by atoms with van der Waals surface area (Å²) in [5.41, 5.74) is 1.80. The van der Waals surface area contributed by atoms with Gasteiger partial charge in [-0.2, -0.15) is 0 Å². The third kappa shape index (κ3) is 4.42. The molecule has 1 amide bonds. The lowest BCUT2D eigenvalue weighted by Crippen LogP contribution is -2.35. The highest BCUT2D eigenvalue weighted by atomic mass is 35.5. The number of sulfonamides is 1. The molecule has 186 valence electrons. The van der Waals surface area contributed by atoms with Gasteiger partial charge < -0.3 is 9.55 Å². The Morgan fingerprint density at radius 3 is 2.75 bits per heavy atom. The monoisotopic (exact) mass is 528 g/mol. The molecule has 2 N–H and O–H groups in total. The number of carbonyl (C=O) groups is 1. The molecule has 1 fully saturated rings. The Kier molecular flexibility index (Phi) is 6.17. The molecule has 1 saturated carbocycles. The third-order valence-electron chi connectivity index (χ3n) is 6.24. The van der Waals surface area contributed by atoms with Crippen molar-refractivity contribution in [2.24, 2.45) is 0 Å².